The van der Waals surface area contributed by atoms with Crippen molar-refractivity contribution in [2.75, 3.05) is 12.4 Å². The summed E-state index contributed by atoms with van der Waals surface area (Å²) in [4.78, 5) is 29.8. The molecule has 0 saturated carbocycles. The third-order valence-electron chi connectivity index (χ3n) is 1.84. The number of benzene rings is 1. The van der Waals surface area contributed by atoms with Gasteiger partial charge in [0.05, 0.1) is 15.9 Å². The molecule has 0 atom stereocenters. The molecule has 1 aromatic carbocycles. The minimum atomic E-state index is -0.832. The summed E-state index contributed by atoms with van der Waals surface area (Å²) in [5.74, 6) is 0. The quantitative estimate of drug-likeness (QED) is 0.474. The van der Waals surface area contributed by atoms with E-state index in [-0.39, 0.29) is 11.4 Å². The van der Waals surface area contributed by atoms with Gasteiger partial charge in [0, 0.05) is 13.1 Å². The molecule has 0 fully saturated rings. The van der Waals surface area contributed by atoms with Gasteiger partial charge in [0.15, 0.2) is 0 Å². The Kier molecular flexibility index (Phi) is 3.09. The molecule has 9 nitrogen and oxygen atoms in total. The van der Waals surface area contributed by atoms with Crippen LogP contribution in [0.1, 0.15) is 0 Å². The topological polar surface area (TPSA) is 128 Å². The second-order valence-electron chi connectivity index (χ2n) is 2.71. The lowest BCUT2D eigenvalue weighted by Gasteiger charge is -2.03. The standard InChI is InChI=1S/C7H6N4O5/c1-8-7-5(9-12)2-4(10(13)14)3-6(7)11(15)16/h2-3,8H,1H3. The number of nitro groups is 2. The Balaban J connectivity index is 3.55. The van der Waals surface area contributed by atoms with Crippen LogP contribution in [0.25, 0.3) is 0 Å². The number of nitro benzene ring substituents is 2. The zero-order chi connectivity index (χ0) is 12.3. The van der Waals surface area contributed by atoms with E-state index in [0.29, 0.717) is 0 Å². The molecular weight excluding hydrogens is 220 g/mol. The van der Waals surface area contributed by atoms with Gasteiger partial charge in [-0.1, -0.05) is 0 Å². The number of nitrogens with one attached hydrogen (secondary N) is 1. The molecule has 0 aliphatic heterocycles. The summed E-state index contributed by atoms with van der Waals surface area (Å²) in [6.45, 7) is 0. The molecule has 1 aromatic rings. The summed E-state index contributed by atoms with van der Waals surface area (Å²) in [5, 5.41) is 26.0. The summed E-state index contributed by atoms with van der Waals surface area (Å²) < 4.78 is 0. The zero-order valence-corrected chi connectivity index (χ0v) is 8.04. The second kappa shape index (κ2) is 4.29. The van der Waals surface area contributed by atoms with E-state index in [1.807, 2.05) is 0 Å². The molecule has 0 heterocycles. The molecule has 0 amide bonds. The van der Waals surface area contributed by atoms with E-state index in [0.717, 1.165) is 12.1 Å². The fraction of sp³-hybridized carbons (Fsp3) is 0.143. The Hall–Kier alpha value is -2.58. The number of nitroso groups, excluding NO2 is 1. The molecule has 1 N–H and O–H groups in total. The van der Waals surface area contributed by atoms with E-state index in [1.165, 1.54) is 7.05 Å². The third-order valence-corrected chi connectivity index (χ3v) is 1.84. The smallest absolute Gasteiger partial charge is 0.301 e. The molecule has 0 spiro atoms. The summed E-state index contributed by atoms with van der Waals surface area (Å²) in [6.07, 6.45) is 0. The van der Waals surface area contributed by atoms with Gasteiger partial charge in [0.25, 0.3) is 5.69 Å². The van der Waals surface area contributed by atoms with Gasteiger partial charge in [-0.05, 0) is 5.18 Å². The summed E-state index contributed by atoms with van der Waals surface area (Å²) >= 11 is 0. The van der Waals surface area contributed by atoms with Crippen LogP contribution in [-0.2, 0) is 0 Å². The van der Waals surface area contributed by atoms with Crippen molar-refractivity contribution >= 4 is 22.7 Å². The largest absolute Gasteiger partial charge is 0.381 e. The molecule has 0 saturated heterocycles. The maximum absolute atomic E-state index is 10.6. The fourth-order valence-electron chi connectivity index (χ4n) is 1.17. The predicted octanol–water partition coefficient (Wildman–Crippen LogP) is 1.94. The SMILES string of the molecule is CNc1c(N=O)cc([N+](=O)[O-])cc1[N+](=O)[O-]. The van der Waals surface area contributed by atoms with E-state index in [9.17, 15) is 25.1 Å². The number of hydrogen-bond donors (Lipinski definition) is 1. The molecule has 1 rings (SSSR count). The van der Waals surface area contributed by atoms with Gasteiger partial charge in [-0.15, -0.1) is 4.91 Å². The van der Waals surface area contributed by atoms with Crippen molar-refractivity contribution in [3.05, 3.63) is 37.3 Å². The molecule has 9 heteroatoms. The predicted molar refractivity (Wildman–Crippen MR) is 54.8 cm³/mol. The van der Waals surface area contributed by atoms with Crippen molar-refractivity contribution in [3.63, 3.8) is 0 Å². The molecule has 0 bridgehead atoms. The van der Waals surface area contributed by atoms with Gasteiger partial charge >= 0.3 is 5.69 Å². The van der Waals surface area contributed by atoms with E-state index in [4.69, 9.17) is 0 Å². The first kappa shape index (κ1) is 11.5. The van der Waals surface area contributed by atoms with E-state index in [2.05, 4.69) is 10.5 Å². The summed E-state index contributed by atoms with van der Waals surface area (Å²) in [5.41, 5.74) is -1.64. The number of rotatable bonds is 4. The lowest BCUT2D eigenvalue weighted by atomic mass is 10.2. The van der Waals surface area contributed by atoms with Gasteiger partial charge in [0.1, 0.15) is 11.4 Å². The molecule has 16 heavy (non-hydrogen) atoms. The van der Waals surface area contributed by atoms with Crippen molar-refractivity contribution in [3.8, 4) is 0 Å². The van der Waals surface area contributed by atoms with E-state index >= 15 is 0 Å². The van der Waals surface area contributed by atoms with Crippen LogP contribution in [0.3, 0.4) is 0 Å². The Labute approximate surface area is 88.3 Å². The van der Waals surface area contributed by atoms with Gasteiger partial charge in [-0.25, -0.2) is 0 Å². The summed E-state index contributed by atoms with van der Waals surface area (Å²) in [6, 6.07) is 1.63. The van der Waals surface area contributed by atoms with Gasteiger partial charge in [-0.3, -0.25) is 20.2 Å². The lowest BCUT2D eigenvalue weighted by Crippen LogP contribution is -1.99. The maximum atomic E-state index is 10.6. The fourth-order valence-corrected chi connectivity index (χ4v) is 1.17. The lowest BCUT2D eigenvalue weighted by molar-refractivity contribution is -0.393. The first-order chi connectivity index (χ1) is 7.51. The van der Waals surface area contributed by atoms with Crippen LogP contribution in [0.5, 0.6) is 0 Å². The van der Waals surface area contributed by atoms with Crippen LogP contribution in [0.2, 0.25) is 0 Å². The molecule has 0 aromatic heterocycles. The highest BCUT2D eigenvalue weighted by Crippen LogP contribution is 2.38. The Bertz CT molecular complexity index is 472. The molecular formula is C7H6N4O5. The van der Waals surface area contributed by atoms with Crippen molar-refractivity contribution in [1.82, 2.24) is 0 Å². The van der Waals surface area contributed by atoms with Crippen LogP contribution in [0.4, 0.5) is 22.7 Å². The van der Waals surface area contributed by atoms with Crippen molar-refractivity contribution in [1.29, 1.82) is 0 Å². The zero-order valence-electron chi connectivity index (χ0n) is 8.04. The molecule has 0 aliphatic carbocycles. The van der Waals surface area contributed by atoms with Crippen molar-refractivity contribution in [2.45, 2.75) is 0 Å². The van der Waals surface area contributed by atoms with Gasteiger partial charge in [-0.2, -0.15) is 0 Å². The van der Waals surface area contributed by atoms with Gasteiger partial charge in [0.2, 0.25) is 0 Å². The monoisotopic (exact) mass is 226 g/mol. The molecule has 0 unspecified atom stereocenters. The second-order valence-corrected chi connectivity index (χ2v) is 2.71. The molecule has 0 aliphatic rings. The van der Waals surface area contributed by atoms with Crippen LogP contribution in [-0.4, -0.2) is 16.9 Å². The van der Waals surface area contributed by atoms with E-state index in [1.54, 1.807) is 0 Å². The minimum Gasteiger partial charge on any atom is -0.381 e. The van der Waals surface area contributed by atoms with Crippen molar-refractivity contribution in [2.24, 2.45) is 5.18 Å². The minimum absolute atomic E-state index is 0.148. The van der Waals surface area contributed by atoms with Crippen LogP contribution in [0, 0.1) is 25.1 Å². The van der Waals surface area contributed by atoms with Crippen LogP contribution < -0.4 is 5.32 Å². The number of anilines is 1. The number of non-ortho nitro benzene ring substituents is 1. The third kappa shape index (κ3) is 1.92. The Morgan fingerprint density at radius 2 is 1.88 bits per heavy atom. The maximum Gasteiger partial charge on any atom is 0.301 e. The Morgan fingerprint density at radius 1 is 1.25 bits per heavy atom. The highest BCUT2D eigenvalue weighted by atomic mass is 16.6. The highest BCUT2D eigenvalue weighted by molar-refractivity contribution is 5.79. The summed E-state index contributed by atoms with van der Waals surface area (Å²) in [7, 11) is 1.35. The van der Waals surface area contributed by atoms with E-state index < -0.39 is 21.2 Å². The van der Waals surface area contributed by atoms with Crippen LogP contribution >= 0.6 is 0 Å². The highest BCUT2D eigenvalue weighted by Gasteiger charge is 2.23. The average molecular weight is 226 g/mol. The number of hydrogen-bond acceptors (Lipinski definition) is 7. The first-order valence-corrected chi connectivity index (χ1v) is 3.99. The molecule has 84 valence electrons. The number of nitrogens with zero attached hydrogens (tertiary/aromatic N) is 3. The van der Waals surface area contributed by atoms with Crippen LogP contribution in [0.15, 0.2) is 17.3 Å². The van der Waals surface area contributed by atoms with Gasteiger partial charge < -0.3 is 5.32 Å². The molecule has 0 radical (unpaired) electrons. The Morgan fingerprint density at radius 3 is 2.25 bits per heavy atom. The first-order valence-electron chi connectivity index (χ1n) is 3.99. The average Bonchev–Trinajstić information content (AvgIpc) is 2.26. The normalized spacial score (nSPS) is 9.56. The van der Waals surface area contributed by atoms with Crippen molar-refractivity contribution < 1.29 is 9.85 Å².